The number of rotatable bonds is 15. The van der Waals surface area contributed by atoms with Crippen LogP contribution in [0.2, 0.25) is 0 Å². The summed E-state index contributed by atoms with van der Waals surface area (Å²) in [5.41, 5.74) is 14.9. The van der Waals surface area contributed by atoms with Crippen molar-refractivity contribution in [2.45, 2.75) is 40.5 Å². The van der Waals surface area contributed by atoms with Crippen LogP contribution in [0.15, 0.2) is 193 Å². The summed E-state index contributed by atoms with van der Waals surface area (Å²) in [6.45, 7) is 21.0. The molecular formula is C47H48BN. The smallest absolute Gasteiger partial charge is 0.177 e. The molecule has 0 spiro atoms. The Kier molecular flexibility index (Phi) is 13.9. The SMILES string of the molecule is C=CB\C(C/C(C)=C(\C=C/C=C)c1ccc(C(=C)/N=C(\C)c2cccc(-c3ccccc3)c2)cc1)=C(C)/C=C/C=C(\CC)c1ccccc1. The van der Waals surface area contributed by atoms with Gasteiger partial charge in [0, 0.05) is 5.71 Å². The first-order chi connectivity index (χ1) is 23.8. The number of aliphatic imine (C=N–C) groups is 1. The molecule has 0 radical (unpaired) electrons. The number of benzene rings is 4. The van der Waals surface area contributed by atoms with E-state index in [1.54, 1.807) is 0 Å². The molecule has 0 aliphatic carbocycles. The van der Waals surface area contributed by atoms with Gasteiger partial charge in [-0.25, -0.2) is 0 Å². The molecule has 0 fully saturated rings. The zero-order valence-corrected chi connectivity index (χ0v) is 29.6. The lowest BCUT2D eigenvalue weighted by atomic mass is 9.65. The molecule has 0 heterocycles. The summed E-state index contributed by atoms with van der Waals surface area (Å²) < 4.78 is 0. The summed E-state index contributed by atoms with van der Waals surface area (Å²) in [7, 11) is 0.833. The van der Waals surface area contributed by atoms with Crippen molar-refractivity contribution >= 4 is 29.8 Å². The summed E-state index contributed by atoms with van der Waals surface area (Å²) in [6.07, 6.45) is 14.5. The Morgan fingerprint density at radius 1 is 0.694 bits per heavy atom. The fourth-order valence-corrected chi connectivity index (χ4v) is 5.84. The highest BCUT2D eigenvalue weighted by atomic mass is 14.7. The quantitative estimate of drug-likeness (QED) is 0.0699. The maximum Gasteiger partial charge on any atom is 0.177 e. The van der Waals surface area contributed by atoms with Gasteiger partial charge in [-0.05, 0) is 84.2 Å². The van der Waals surface area contributed by atoms with Crippen molar-refractivity contribution in [1.82, 2.24) is 0 Å². The number of hydrogen-bond acceptors (Lipinski definition) is 1. The molecule has 0 aromatic heterocycles. The van der Waals surface area contributed by atoms with Crippen molar-refractivity contribution in [3.63, 3.8) is 0 Å². The van der Waals surface area contributed by atoms with Gasteiger partial charge >= 0.3 is 0 Å². The van der Waals surface area contributed by atoms with Gasteiger partial charge in [-0.1, -0.05) is 176 Å². The Hall–Kier alpha value is -5.47. The average Bonchev–Trinajstić information content (AvgIpc) is 3.14. The molecule has 2 heteroatoms. The van der Waals surface area contributed by atoms with Crippen molar-refractivity contribution in [2.24, 2.45) is 4.99 Å². The van der Waals surface area contributed by atoms with Crippen LogP contribution in [0.4, 0.5) is 0 Å². The Bertz CT molecular complexity index is 1930. The molecule has 49 heavy (non-hydrogen) atoms. The van der Waals surface area contributed by atoms with Crippen LogP contribution in [0.1, 0.15) is 62.8 Å². The summed E-state index contributed by atoms with van der Waals surface area (Å²) in [6, 6.07) is 38.1. The maximum absolute atomic E-state index is 4.91. The molecule has 4 aromatic rings. The normalized spacial score (nSPS) is 13.2. The molecule has 0 amide bonds. The first-order valence-electron chi connectivity index (χ1n) is 17.1. The van der Waals surface area contributed by atoms with E-state index in [4.69, 9.17) is 4.99 Å². The first kappa shape index (κ1) is 36.4. The molecule has 0 aliphatic rings. The summed E-state index contributed by atoms with van der Waals surface area (Å²) in [5.74, 6) is 2.00. The van der Waals surface area contributed by atoms with Gasteiger partial charge < -0.3 is 0 Å². The number of nitrogens with zero attached hydrogens (tertiary/aromatic N) is 1. The topological polar surface area (TPSA) is 12.4 Å². The van der Waals surface area contributed by atoms with Gasteiger partial charge in [-0.3, -0.25) is 4.99 Å². The molecule has 4 rings (SSSR count). The van der Waals surface area contributed by atoms with Gasteiger partial charge in [-0.15, -0.1) is 12.6 Å². The second-order valence-corrected chi connectivity index (χ2v) is 12.2. The predicted octanol–water partition coefficient (Wildman–Crippen LogP) is 12.6. The fourth-order valence-electron chi connectivity index (χ4n) is 5.84. The van der Waals surface area contributed by atoms with Crippen LogP contribution >= 0.6 is 0 Å². The number of allylic oxidation sites excluding steroid dienone is 11. The minimum atomic E-state index is 0.740. The van der Waals surface area contributed by atoms with Crippen LogP contribution in [0, 0.1) is 0 Å². The van der Waals surface area contributed by atoms with Gasteiger partial charge in [0.2, 0.25) is 0 Å². The van der Waals surface area contributed by atoms with E-state index < -0.39 is 0 Å². The molecular weight excluding hydrogens is 589 g/mol. The minimum absolute atomic E-state index is 0.740. The third-order valence-corrected chi connectivity index (χ3v) is 8.67. The highest BCUT2D eigenvalue weighted by molar-refractivity contribution is 6.51. The lowest BCUT2D eigenvalue weighted by molar-refractivity contribution is 1.16. The van der Waals surface area contributed by atoms with E-state index in [-0.39, 0.29) is 0 Å². The van der Waals surface area contributed by atoms with E-state index >= 15 is 0 Å². The molecule has 0 bridgehead atoms. The van der Waals surface area contributed by atoms with Crippen LogP contribution in [0.3, 0.4) is 0 Å². The van der Waals surface area contributed by atoms with Gasteiger partial charge in [0.1, 0.15) is 0 Å². The third kappa shape index (κ3) is 10.5. The van der Waals surface area contributed by atoms with Crippen LogP contribution in [-0.4, -0.2) is 13.0 Å². The highest BCUT2D eigenvalue weighted by Crippen LogP contribution is 2.28. The van der Waals surface area contributed by atoms with E-state index in [9.17, 15) is 0 Å². The molecule has 0 aliphatic heterocycles. The van der Waals surface area contributed by atoms with Crippen molar-refractivity contribution in [2.75, 3.05) is 0 Å². The van der Waals surface area contributed by atoms with Crippen molar-refractivity contribution in [1.29, 1.82) is 0 Å². The van der Waals surface area contributed by atoms with E-state index in [0.29, 0.717) is 0 Å². The van der Waals surface area contributed by atoms with E-state index in [1.807, 2.05) is 31.1 Å². The fraction of sp³-hybridized carbons (Fsp3) is 0.128. The van der Waals surface area contributed by atoms with Crippen LogP contribution in [0.5, 0.6) is 0 Å². The number of hydrogen-bond donors (Lipinski definition) is 0. The van der Waals surface area contributed by atoms with Crippen molar-refractivity contribution < 1.29 is 0 Å². The van der Waals surface area contributed by atoms with Crippen LogP contribution < -0.4 is 0 Å². The summed E-state index contributed by atoms with van der Waals surface area (Å²) in [5, 5.41) is 0. The Morgan fingerprint density at radius 3 is 1.98 bits per heavy atom. The monoisotopic (exact) mass is 637 g/mol. The lowest BCUT2D eigenvalue weighted by Crippen LogP contribution is -1.99. The van der Waals surface area contributed by atoms with Crippen LogP contribution in [-0.2, 0) is 0 Å². The van der Waals surface area contributed by atoms with Gasteiger partial charge in [0.05, 0.1) is 5.70 Å². The molecule has 0 atom stereocenters. The molecule has 1 nitrogen and oxygen atoms in total. The molecule has 0 N–H and O–H groups in total. The zero-order valence-electron chi connectivity index (χ0n) is 29.6. The lowest BCUT2D eigenvalue weighted by Gasteiger charge is -2.14. The van der Waals surface area contributed by atoms with E-state index in [2.05, 4.69) is 168 Å². The average molecular weight is 638 g/mol. The molecule has 0 unspecified atom stereocenters. The Morgan fingerprint density at radius 2 is 1.33 bits per heavy atom. The summed E-state index contributed by atoms with van der Waals surface area (Å²) in [4.78, 5) is 4.91. The van der Waals surface area contributed by atoms with Gasteiger partial charge in [0.25, 0.3) is 0 Å². The van der Waals surface area contributed by atoms with Crippen molar-refractivity contribution in [3.8, 4) is 11.1 Å². The van der Waals surface area contributed by atoms with Gasteiger partial charge in [-0.2, -0.15) is 0 Å². The van der Waals surface area contributed by atoms with E-state index in [1.165, 1.54) is 44.5 Å². The standard InChI is InChI=1S/C47H48BN/c1-8-11-28-46(36(5)33-47(48-10-3)35(4)20-18-25-39(9-2)41-21-14-12-15-22-41)43-31-29-40(30-32-43)37(6)49-38(7)44-26-19-27-45(34-44)42-23-16-13-17-24-42/h8,10-32,34,48H,1,3,6,9,33H2,2,4-5,7H3/b20-18+,28-11-,39-25+,46-36+,47-35-,49-38+. The Labute approximate surface area is 295 Å². The Balaban J connectivity index is 1.57. The molecule has 0 saturated heterocycles. The van der Waals surface area contributed by atoms with Gasteiger partial charge in [0.15, 0.2) is 7.28 Å². The maximum atomic E-state index is 4.91. The molecule has 244 valence electrons. The first-order valence-corrected chi connectivity index (χ1v) is 17.1. The second kappa shape index (κ2) is 18.8. The zero-order chi connectivity index (χ0) is 35.0. The third-order valence-electron chi connectivity index (χ3n) is 8.67. The van der Waals surface area contributed by atoms with Crippen LogP contribution in [0.25, 0.3) is 28.0 Å². The summed E-state index contributed by atoms with van der Waals surface area (Å²) >= 11 is 0. The van der Waals surface area contributed by atoms with E-state index in [0.717, 1.165) is 48.2 Å². The predicted molar refractivity (Wildman–Crippen MR) is 220 cm³/mol. The molecule has 0 saturated carbocycles. The largest absolute Gasteiger partial charge is 0.253 e. The molecule has 4 aromatic carbocycles. The highest BCUT2D eigenvalue weighted by Gasteiger charge is 2.10. The minimum Gasteiger partial charge on any atom is -0.253 e. The second-order valence-electron chi connectivity index (χ2n) is 12.2. The van der Waals surface area contributed by atoms with Crippen molar-refractivity contribution in [3.05, 3.63) is 210 Å².